The van der Waals surface area contributed by atoms with Gasteiger partial charge >= 0.3 is 5.97 Å². The second-order valence-electron chi connectivity index (χ2n) is 4.69. The van der Waals surface area contributed by atoms with Crippen LogP contribution in [0.1, 0.15) is 47.3 Å². The van der Waals surface area contributed by atoms with Crippen molar-refractivity contribution in [1.82, 2.24) is 5.32 Å². The SMILES string of the molecule is O=C(O)C=Cc1ccsc1C(=O)NC1CCCCC1. The van der Waals surface area contributed by atoms with Crippen LogP contribution >= 0.6 is 11.3 Å². The lowest BCUT2D eigenvalue weighted by atomic mass is 9.95. The van der Waals surface area contributed by atoms with E-state index < -0.39 is 5.97 Å². The molecule has 1 fully saturated rings. The highest BCUT2D eigenvalue weighted by Crippen LogP contribution is 2.21. The molecule has 0 aliphatic heterocycles. The minimum Gasteiger partial charge on any atom is -0.478 e. The van der Waals surface area contributed by atoms with Crippen LogP contribution in [0.2, 0.25) is 0 Å². The zero-order chi connectivity index (χ0) is 13.7. The van der Waals surface area contributed by atoms with Crippen LogP contribution in [0.15, 0.2) is 17.5 Å². The van der Waals surface area contributed by atoms with Crippen molar-refractivity contribution in [2.75, 3.05) is 0 Å². The number of thiophene rings is 1. The second-order valence-corrected chi connectivity index (χ2v) is 5.60. The molecule has 1 aromatic rings. The van der Waals surface area contributed by atoms with E-state index >= 15 is 0 Å². The number of carboxylic acids is 1. The van der Waals surface area contributed by atoms with Gasteiger partial charge in [-0.3, -0.25) is 4.79 Å². The molecule has 4 nitrogen and oxygen atoms in total. The molecule has 1 aliphatic carbocycles. The largest absolute Gasteiger partial charge is 0.478 e. The first kappa shape index (κ1) is 13.8. The molecule has 5 heteroatoms. The van der Waals surface area contributed by atoms with Gasteiger partial charge < -0.3 is 10.4 Å². The highest BCUT2D eigenvalue weighted by Gasteiger charge is 2.18. The lowest BCUT2D eigenvalue weighted by Gasteiger charge is -2.22. The number of amides is 1. The zero-order valence-corrected chi connectivity index (χ0v) is 11.4. The standard InChI is InChI=1S/C14H17NO3S/c16-12(17)7-6-10-8-9-19-13(10)14(18)15-11-4-2-1-3-5-11/h6-9,11H,1-5H2,(H,15,18)(H,16,17). The fourth-order valence-electron chi connectivity index (χ4n) is 2.29. The van der Waals surface area contributed by atoms with Gasteiger partial charge in [-0.15, -0.1) is 11.3 Å². The Hall–Kier alpha value is -1.62. The summed E-state index contributed by atoms with van der Waals surface area (Å²) in [6, 6.07) is 2.03. The van der Waals surface area contributed by atoms with E-state index in [0.717, 1.165) is 18.9 Å². The number of nitrogens with one attached hydrogen (secondary N) is 1. The van der Waals surface area contributed by atoms with Gasteiger partial charge in [-0.1, -0.05) is 19.3 Å². The predicted octanol–water partition coefficient (Wildman–Crippen LogP) is 2.91. The molecule has 1 heterocycles. The topological polar surface area (TPSA) is 66.4 Å². The molecule has 19 heavy (non-hydrogen) atoms. The maximum absolute atomic E-state index is 12.2. The lowest BCUT2D eigenvalue weighted by Crippen LogP contribution is -2.36. The van der Waals surface area contributed by atoms with Crippen molar-refractivity contribution < 1.29 is 14.7 Å². The Labute approximate surface area is 116 Å². The summed E-state index contributed by atoms with van der Waals surface area (Å²) in [7, 11) is 0. The maximum Gasteiger partial charge on any atom is 0.328 e. The molecule has 0 unspecified atom stereocenters. The molecule has 1 amide bonds. The maximum atomic E-state index is 12.2. The number of aliphatic carboxylic acids is 1. The van der Waals surface area contributed by atoms with Crippen LogP contribution in [-0.4, -0.2) is 23.0 Å². The average molecular weight is 279 g/mol. The summed E-state index contributed by atoms with van der Waals surface area (Å²) >= 11 is 1.34. The first-order chi connectivity index (χ1) is 9.16. The number of hydrogen-bond acceptors (Lipinski definition) is 3. The molecule has 0 spiro atoms. The highest BCUT2D eigenvalue weighted by molar-refractivity contribution is 7.12. The van der Waals surface area contributed by atoms with Gasteiger partial charge in [-0.25, -0.2) is 4.79 Å². The van der Waals surface area contributed by atoms with Gasteiger partial charge in [-0.2, -0.15) is 0 Å². The summed E-state index contributed by atoms with van der Waals surface area (Å²) < 4.78 is 0. The zero-order valence-electron chi connectivity index (χ0n) is 10.6. The second kappa shape index (κ2) is 6.52. The molecule has 2 N–H and O–H groups in total. The van der Waals surface area contributed by atoms with Gasteiger partial charge in [0.25, 0.3) is 5.91 Å². The monoisotopic (exact) mass is 279 g/mol. The number of carboxylic acid groups (broad SMARTS) is 1. The Kier molecular flexibility index (Phi) is 4.74. The normalized spacial score (nSPS) is 16.6. The van der Waals surface area contributed by atoms with E-state index in [1.54, 1.807) is 11.4 Å². The molecule has 0 saturated heterocycles. The van der Waals surface area contributed by atoms with Gasteiger partial charge in [-0.05, 0) is 35.9 Å². The summed E-state index contributed by atoms with van der Waals surface area (Å²) in [5.74, 6) is -1.10. The molecule has 1 aromatic heterocycles. The fourth-order valence-corrected chi connectivity index (χ4v) is 3.08. The van der Waals surface area contributed by atoms with E-state index in [0.29, 0.717) is 10.4 Å². The Bertz CT molecular complexity index is 487. The van der Waals surface area contributed by atoms with Crippen LogP contribution in [0.5, 0.6) is 0 Å². The quantitative estimate of drug-likeness (QED) is 0.833. The minimum atomic E-state index is -1.01. The summed E-state index contributed by atoms with van der Waals surface area (Å²) in [6.07, 6.45) is 8.18. The van der Waals surface area contributed by atoms with Crippen LogP contribution in [0.25, 0.3) is 6.08 Å². The van der Waals surface area contributed by atoms with Gasteiger partial charge in [0, 0.05) is 12.1 Å². The van der Waals surface area contributed by atoms with Crippen molar-refractivity contribution in [2.24, 2.45) is 0 Å². The number of carbonyl (C=O) groups is 2. The molecule has 0 bridgehead atoms. The van der Waals surface area contributed by atoms with Crippen molar-refractivity contribution in [2.45, 2.75) is 38.1 Å². The summed E-state index contributed by atoms with van der Waals surface area (Å²) in [5.41, 5.74) is 0.667. The smallest absolute Gasteiger partial charge is 0.328 e. The van der Waals surface area contributed by atoms with Crippen molar-refractivity contribution in [3.63, 3.8) is 0 Å². The van der Waals surface area contributed by atoms with Crippen molar-refractivity contribution in [3.05, 3.63) is 28.0 Å². The summed E-state index contributed by atoms with van der Waals surface area (Å²) in [4.78, 5) is 23.3. The van der Waals surface area contributed by atoms with Gasteiger partial charge in [0.1, 0.15) is 0 Å². The third-order valence-corrected chi connectivity index (χ3v) is 4.18. The van der Waals surface area contributed by atoms with E-state index in [1.165, 1.54) is 36.7 Å². The molecular weight excluding hydrogens is 262 g/mol. The number of carbonyl (C=O) groups excluding carboxylic acids is 1. The molecule has 2 rings (SSSR count). The third-order valence-electron chi connectivity index (χ3n) is 3.25. The Morgan fingerprint density at radius 2 is 2.05 bits per heavy atom. The Balaban J connectivity index is 2.02. The summed E-state index contributed by atoms with van der Waals surface area (Å²) in [5, 5.41) is 13.5. The minimum absolute atomic E-state index is 0.0908. The first-order valence-electron chi connectivity index (χ1n) is 6.46. The molecule has 0 aromatic carbocycles. The van der Waals surface area contributed by atoms with Gasteiger partial charge in [0.2, 0.25) is 0 Å². The fraction of sp³-hybridized carbons (Fsp3) is 0.429. The molecule has 0 atom stereocenters. The molecule has 102 valence electrons. The number of rotatable bonds is 4. The van der Waals surface area contributed by atoms with Crippen molar-refractivity contribution >= 4 is 29.3 Å². The van der Waals surface area contributed by atoms with Crippen LogP contribution in [0.4, 0.5) is 0 Å². The first-order valence-corrected chi connectivity index (χ1v) is 7.34. The molecule has 1 saturated carbocycles. The number of hydrogen-bond donors (Lipinski definition) is 2. The third kappa shape index (κ3) is 3.92. The molecule has 0 radical (unpaired) electrons. The van der Waals surface area contributed by atoms with E-state index in [2.05, 4.69) is 5.32 Å². The van der Waals surface area contributed by atoms with Crippen LogP contribution in [-0.2, 0) is 4.79 Å². The van der Waals surface area contributed by atoms with Crippen molar-refractivity contribution in [1.29, 1.82) is 0 Å². The Morgan fingerprint density at radius 3 is 2.74 bits per heavy atom. The molecule has 1 aliphatic rings. The highest BCUT2D eigenvalue weighted by atomic mass is 32.1. The van der Waals surface area contributed by atoms with E-state index in [-0.39, 0.29) is 11.9 Å². The summed E-state index contributed by atoms with van der Waals surface area (Å²) in [6.45, 7) is 0. The van der Waals surface area contributed by atoms with Crippen LogP contribution in [0, 0.1) is 0 Å². The lowest BCUT2D eigenvalue weighted by molar-refractivity contribution is -0.131. The van der Waals surface area contributed by atoms with Crippen molar-refractivity contribution in [3.8, 4) is 0 Å². The Morgan fingerprint density at radius 1 is 1.32 bits per heavy atom. The predicted molar refractivity (Wildman–Crippen MR) is 75.3 cm³/mol. The van der Waals surface area contributed by atoms with Crippen LogP contribution in [0.3, 0.4) is 0 Å². The van der Waals surface area contributed by atoms with Crippen LogP contribution < -0.4 is 5.32 Å². The van der Waals surface area contributed by atoms with E-state index in [9.17, 15) is 9.59 Å². The van der Waals surface area contributed by atoms with E-state index in [4.69, 9.17) is 5.11 Å². The van der Waals surface area contributed by atoms with E-state index in [1.807, 2.05) is 0 Å². The van der Waals surface area contributed by atoms with Gasteiger partial charge in [0.05, 0.1) is 4.88 Å². The van der Waals surface area contributed by atoms with Gasteiger partial charge in [0.15, 0.2) is 0 Å². The molecular formula is C14H17NO3S. The average Bonchev–Trinajstić information content (AvgIpc) is 2.86.